The third-order valence-corrected chi connectivity index (χ3v) is 4.89. The quantitative estimate of drug-likeness (QED) is 0.925. The Labute approximate surface area is 142 Å². The summed E-state index contributed by atoms with van der Waals surface area (Å²) >= 11 is 0. The zero-order valence-electron chi connectivity index (χ0n) is 13.7. The zero-order valence-corrected chi connectivity index (χ0v) is 13.7. The molecule has 0 unspecified atom stereocenters. The number of nitrogens with zero attached hydrogens (tertiary/aromatic N) is 3. The lowest BCUT2D eigenvalue weighted by atomic mass is 10.1. The minimum Gasteiger partial charge on any atom is -0.353 e. The molecule has 0 atom stereocenters. The average Bonchev–Trinajstić information content (AvgIpc) is 3.10. The molecule has 0 bridgehead atoms. The Kier molecular flexibility index (Phi) is 4.07. The summed E-state index contributed by atoms with van der Waals surface area (Å²) in [5.74, 6) is 0.983. The zero-order chi connectivity index (χ0) is 16.4. The fourth-order valence-corrected chi connectivity index (χ4v) is 3.53. The highest BCUT2D eigenvalue weighted by Gasteiger charge is 2.22. The third-order valence-electron chi connectivity index (χ3n) is 4.89. The van der Waals surface area contributed by atoms with Crippen molar-refractivity contribution in [3.63, 3.8) is 0 Å². The van der Waals surface area contributed by atoms with Gasteiger partial charge in [0.15, 0.2) is 0 Å². The summed E-state index contributed by atoms with van der Waals surface area (Å²) in [7, 11) is 0. The van der Waals surface area contributed by atoms with Crippen molar-refractivity contribution < 1.29 is 4.79 Å². The number of carbonyl (C=O) groups excluding carboxylic acids is 1. The normalized spacial score (nSPS) is 16.8. The monoisotopic (exact) mass is 322 g/mol. The molecule has 2 heterocycles. The number of hydrogen-bond donors (Lipinski definition) is 1. The Morgan fingerprint density at radius 1 is 1.00 bits per heavy atom. The number of aryl methyl sites for hydroxylation is 2. The summed E-state index contributed by atoms with van der Waals surface area (Å²) in [6.45, 7) is 3.06. The number of nitrogens with one attached hydrogen (secondary N) is 1. The lowest BCUT2D eigenvalue weighted by Crippen LogP contribution is -2.50. The smallest absolute Gasteiger partial charge is 0.321 e. The van der Waals surface area contributed by atoms with E-state index in [2.05, 4.69) is 27.3 Å². The molecule has 0 radical (unpaired) electrons. The van der Waals surface area contributed by atoms with Crippen LogP contribution in [-0.4, -0.2) is 42.1 Å². The summed E-state index contributed by atoms with van der Waals surface area (Å²) in [6, 6.07) is 12.2. The second-order valence-corrected chi connectivity index (χ2v) is 6.43. The van der Waals surface area contributed by atoms with Crippen LogP contribution in [0.15, 0.2) is 42.6 Å². The second-order valence-electron chi connectivity index (χ2n) is 6.43. The van der Waals surface area contributed by atoms with Crippen molar-refractivity contribution in [3.8, 4) is 0 Å². The Morgan fingerprint density at radius 2 is 1.83 bits per heavy atom. The van der Waals surface area contributed by atoms with Crippen molar-refractivity contribution in [1.29, 1.82) is 0 Å². The fraction of sp³-hybridized carbons (Fsp3) is 0.368. The molecule has 2 aliphatic rings. The maximum atomic E-state index is 12.5. The Bertz CT molecular complexity index is 723. The van der Waals surface area contributed by atoms with Crippen LogP contribution in [0.5, 0.6) is 0 Å². The van der Waals surface area contributed by atoms with Gasteiger partial charge in [0.05, 0.1) is 0 Å². The van der Waals surface area contributed by atoms with Crippen LogP contribution in [0.25, 0.3) is 0 Å². The third kappa shape index (κ3) is 3.07. The molecule has 124 valence electrons. The maximum absolute atomic E-state index is 12.5. The van der Waals surface area contributed by atoms with E-state index in [1.807, 2.05) is 35.4 Å². The minimum absolute atomic E-state index is 0.00591. The highest BCUT2D eigenvalue weighted by atomic mass is 16.2. The first-order valence-corrected chi connectivity index (χ1v) is 8.63. The van der Waals surface area contributed by atoms with E-state index in [-0.39, 0.29) is 6.03 Å². The number of benzene rings is 1. The Morgan fingerprint density at radius 3 is 2.62 bits per heavy atom. The number of piperazine rings is 1. The van der Waals surface area contributed by atoms with Gasteiger partial charge in [0.1, 0.15) is 5.82 Å². The van der Waals surface area contributed by atoms with Crippen LogP contribution < -0.4 is 10.2 Å². The number of amides is 2. The number of aromatic nitrogens is 1. The SMILES string of the molecule is O=C(Nc1ccc2c(c1)CCC2)N1CCN(c2ccccn2)CC1. The highest BCUT2D eigenvalue weighted by Crippen LogP contribution is 2.25. The van der Waals surface area contributed by atoms with Crippen LogP contribution in [0.1, 0.15) is 17.5 Å². The second kappa shape index (κ2) is 6.51. The summed E-state index contributed by atoms with van der Waals surface area (Å²) in [6.07, 6.45) is 5.32. The topological polar surface area (TPSA) is 48.5 Å². The molecule has 1 aromatic carbocycles. The molecule has 24 heavy (non-hydrogen) atoms. The predicted octanol–water partition coefficient (Wildman–Crippen LogP) is 2.92. The van der Waals surface area contributed by atoms with Crippen LogP contribution in [0, 0.1) is 0 Å². The van der Waals surface area contributed by atoms with Gasteiger partial charge in [-0.3, -0.25) is 0 Å². The Balaban J connectivity index is 1.35. The van der Waals surface area contributed by atoms with Crippen molar-refractivity contribution >= 4 is 17.5 Å². The van der Waals surface area contributed by atoms with Gasteiger partial charge in [-0.25, -0.2) is 9.78 Å². The average molecular weight is 322 g/mol. The van der Waals surface area contributed by atoms with E-state index in [4.69, 9.17) is 0 Å². The molecule has 0 saturated carbocycles. The molecule has 1 saturated heterocycles. The van der Waals surface area contributed by atoms with Crippen molar-refractivity contribution in [3.05, 3.63) is 53.7 Å². The molecule has 1 aliphatic heterocycles. The number of urea groups is 1. The molecule has 0 spiro atoms. The van der Waals surface area contributed by atoms with E-state index in [9.17, 15) is 4.79 Å². The first-order chi connectivity index (χ1) is 11.8. The maximum Gasteiger partial charge on any atom is 0.321 e. The van der Waals surface area contributed by atoms with E-state index in [1.165, 1.54) is 24.0 Å². The van der Waals surface area contributed by atoms with E-state index in [0.29, 0.717) is 13.1 Å². The predicted molar refractivity (Wildman–Crippen MR) is 95.5 cm³/mol. The summed E-state index contributed by atoms with van der Waals surface area (Å²) in [4.78, 5) is 21.0. The van der Waals surface area contributed by atoms with Crippen LogP contribution in [0.4, 0.5) is 16.3 Å². The molecule has 1 N–H and O–H groups in total. The van der Waals surface area contributed by atoms with E-state index < -0.39 is 0 Å². The Hall–Kier alpha value is -2.56. The highest BCUT2D eigenvalue weighted by molar-refractivity contribution is 5.89. The number of hydrogen-bond acceptors (Lipinski definition) is 3. The fourth-order valence-electron chi connectivity index (χ4n) is 3.53. The van der Waals surface area contributed by atoms with Gasteiger partial charge in [0, 0.05) is 38.1 Å². The summed E-state index contributed by atoms with van der Waals surface area (Å²) in [5, 5.41) is 3.05. The van der Waals surface area contributed by atoms with Crippen LogP contribution in [0.3, 0.4) is 0 Å². The van der Waals surface area contributed by atoms with Crippen LogP contribution in [0.2, 0.25) is 0 Å². The van der Waals surface area contributed by atoms with Gasteiger partial charge in [-0.2, -0.15) is 0 Å². The lowest BCUT2D eigenvalue weighted by Gasteiger charge is -2.35. The minimum atomic E-state index is -0.00591. The standard InChI is InChI=1S/C19H22N4O/c24-19(21-17-8-7-15-4-3-5-16(15)14-17)23-12-10-22(11-13-23)18-6-1-2-9-20-18/h1-2,6-9,14H,3-5,10-13H2,(H,21,24). The molecule has 2 amide bonds. The van der Waals surface area contributed by atoms with Crippen molar-refractivity contribution in [2.75, 3.05) is 36.4 Å². The van der Waals surface area contributed by atoms with Crippen LogP contribution in [-0.2, 0) is 12.8 Å². The van der Waals surface area contributed by atoms with Gasteiger partial charge >= 0.3 is 6.03 Å². The number of fused-ring (bicyclic) bond motifs is 1. The van der Waals surface area contributed by atoms with E-state index in [0.717, 1.165) is 31.0 Å². The largest absolute Gasteiger partial charge is 0.353 e. The van der Waals surface area contributed by atoms with Gasteiger partial charge in [-0.1, -0.05) is 12.1 Å². The van der Waals surface area contributed by atoms with Gasteiger partial charge < -0.3 is 15.1 Å². The molecule has 1 fully saturated rings. The van der Waals surface area contributed by atoms with Crippen molar-refractivity contribution in [2.24, 2.45) is 0 Å². The number of pyridine rings is 1. The van der Waals surface area contributed by atoms with Gasteiger partial charge in [0.2, 0.25) is 0 Å². The molecular weight excluding hydrogens is 300 g/mol. The van der Waals surface area contributed by atoms with E-state index >= 15 is 0 Å². The molecule has 5 nitrogen and oxygen atoms in total. The number of anilines is 2. The first kappa shape index (κ1) is 15.0. The van der Waals surface area contributed by atoms with Gasteiger partial charge in [-0.15, -0.1) is 0 Å². The van der Waals surface area contributed by atoms with Crippen molar-refractivity contribution in [2.45, 2.75) is 19.3 Å². The van der Waals surface area contributed by atoms with Gasteiger partial charge in [-0.05, 0) is 54.7 Å². The van der Waals surface area contributed by atoms with Crippen molar-refractivity contribution in [1.82, 2.24) is 9.88 Å². The van der Waals surface area contributed by atoms with Crippen LogP contribution >= 0.6 is 0 Å². The lowest BCUT2D eigenvalue weighted by molar-refractivity contribution is 0.208. The summed E-state index contributed by atoms with van der Waals surface area (Å²) < 4.78 is 0. The molecule has 1 aliphatic carbocycles. The molecule has 4 rings (SSSR count). The summed E-state index contributed by atoms with van der Waals surface area (Å²) in [5.41, 5.74) is 3.72. The molecule has 2 aromatic rings. The van der Waals surface area contributed by atoms with E-state index in [1.54, 1.807) is 0 Å². The number of carbonyl (C=O) groups is 1. The first-order valence-electron chi connectivity index (χ1n) is 8.63. The van der Waals surface area contributed by atoms with Gasteiger partial charge in [0.25, 0.3) is 0 Å². The molecular formula is C19H22N4O. The number of rotatable bonds is 2. The molecule has 1 aromatic heterocycles. The molecule has 5 heteroatoms.